The minimum atomic E-state index is 0. The number of fused-ring (bicyclic) bond motifs is 1. The molecule has 13 heavy (non-hydrogen) atoms. The van der Waals surface area contributed by atoms with Crippen molar-refractivity contribution < 1.29 is 0 Å². The fourth-order valence-electron chi connectivity index (χ4n) is 2.63. The van der Waals surface area contributed by atoms with Crippen LogP contribution in [-0.4, -0.2) is 36.6 Å². The lowest BCUT2D eigenvalue weighted by Crippen LogP contribution is -2.61. The van der Waals surface area contributed by atoms with Gasteiger partial charge in [-0.3, -0.25) is 4.90 Å². The molecule has 3 heteroatoms. The van der Waals surface area contributed by atoms with Gasteiger partial charge in [0.25, 0.3) is 0 Å². The average molecular weight is 205 g/mol. The highest BCUT2D eigenvalue weighted by Crippen LogP contribution is 2.26. The van der Waals surface area contributed by atoms with E-state index in [-0.39, 0.29) is 12.4 Å². The minimum absolute atomic E-state index is 0. The van der Waals surface area contributed by atoms with E-state index >= 15 is 0 Å². The summed E-state index contributed by atoms with van der Waals surface area (Å²) in [4.78, 5) is 2.57. The van der Waals surface area contributed by atoms with Crippen LogP contribution in [0.25, 0.3) is 0 Å². The quantitative estimate of drug-likeness (QED) is 0.646. The molecular formula is C10H21ClN2. The number of hydrogen-bond donors (Lipinski definition) is 1. The molecule has 1 aliphatic heterocycles. The summed E-state index contributed by atoms with van der Waals surface area (Å²) < 4.78 is 0. The molecule has 3 unspecified atom stereocenters. The minimum Gasteiger partial charge on any atom is -0.311 e. The second kappa shape index (κ2) is 4.63. The summed E-state index contributed by atoms with van der Waals surface area (Å²) in [5, 5.41) is 3.66. The Morgan fingerprint density at radius 1 is 1.23 bits per heavy atom. The lowest BCUT2D eigenvalue weighted by molar-refractivity contribution is 0.0721. The molecule has 0 aromatic rings. The van der Waals surface area contributed by atoms with Gasteiger partial charge in [-0.2, -0.15) is 0 Å². The van der Waals surface area contributed by atoms with Crippen LogP contribution in [0.3, 0.4) is 0 Å². The summed E-state index contributed by atoms with van der Waals surface area (Å²) in [6, 6.07) is 2.34. The topological polar surface area (TPSA) is 15.3 Å². The molecule has 0 radical (unpaired) electrons. The van der Waals surface area contributed by atoms with Crippen molar-refractivity contribution in [1.82, 2.24) is 10.2 Å². The second-order valence-electron chi connectivity index (χ2n) is 4.38. The predicted octanol–water partition coefficient (Wildman–Crippen LogP) is 1.64. The number of likely N-dealkylation sites (N-methyl/N-ethyl adjacent to an activating group) is 1. The molecule has 1 saturated heterocycles. The first kappa shape index (κ1) is 11.3. The van der Waals surface area contributed by atoms with Crippen molar-refractivity contribution in [2.45, 2.75) is 50.7 Å². The maximum Gasteiger partial charge on any atom is 0.0249 e. The van der Waals surface area contributed by atoms with Gasteiger partial charge in [0.05, 0.1) is 0 Å². The van der Waals surface area contributed by atoms with E-state index in [1.165, 1.54) is 32.2 Å². The Balaban J connectivity index is 0.000000845. The molecule has 0 bridgehead atoms. The fraction of sp³-hybridized carbons (Fsp3) is 1.00. The second-order valence-corrected chi connectivity index (χ2v) is 4.38. The number of halogens is 1. The Morgan fingerprint density at radius 3 is 2.69 bits per heavy atom. The molecule has 2 rings (SSSR count). The summed E-state index contributed by atoms with van der Waals surface area (Å²) in [7, 11) is 2.29. The lowest BCUT2D eigenvalue weighted by Gasteiger charge is -2.46. The van der Waals surface area contributed by atoms with E-state index in [4.69, 9.17) is 0 Å². The van der Waals surface area contributed by atoms with Gasteiger partial charge in [-0.15, -0.1) is 12.4 Å². The lowest BCUT2D eigenvalue weighted by atomic mass is 9.87. The van der Waals surface area contributed by atoms with Crippen molar-refractivity contribution in [3.63, 3.8) is 0 Å². The first-order valence-electron chi connectivity index (χ1n) is 5.24. The molecule has 1 aliphatic carbocycles. The molecule has 2 aliphatic rings. The van der Waals surface area contributed by atoms with Gasteiger partial charge in [-0.1, -0.05) is 12.8 Å². The highest BCUT2D eigenvalue weighted by atomic mass is 35.5. The Morgan fingerprint density at radius 2 is 1.92 bits per heavy atom. The third-order valence-corrected chi connectivity index (χ3v) is 3.62. The van der Waals surface area contributed by atoms with E-state index < -0.39 is 0 Å². The Hall–Kier alpha value is 0.210. The van der Waals surface area contributed by atoms with Gasteiger partial charge >= 0.3 is 0 Å². The molecule has 78 valence electrons. The van der Waals surface area contributed by atoms with Crippen molar-refractivity contribution in [2.75, 3.05) is 13.6 Å². The largest absolute Gasteiger partial charge is 0.311 e. The molecule has 0 aromatic carbocycles. The molecule has 0 spiro atoms. The van der Waals surface area contributed by atoms with Crippen LogP contribution < -0.4 is 5.32 Å². The van der Waals surface area contributed by atoms with Crippen molar-refractivity contribution in [3.8, 4) is 0 Å². The summed E-state index contributed by atoms with van der Waals surface area (Å²) in [6.45, 7) is 3.50. The van der Waals surface area contributed by atoms with E-state index in [1.807, 2.05) is 0 Å². The standard InChI is InChI=1S/C10H20N2.ClH/c1-8-7-11-9-5-3-4-6-10(9)12(8)2;/h8-11H,3-7H2,1-2H3;1H. The SMILES string of the molecule is CC1CNC2CCCCC2N1C.Cl. The summed E-state index contributed by atoms with van der Waals surface area (Å²) in [5.74, 6) is 0. The van der Waals surface area contributed by atoms with Crippen molar-refractivity contribution in [2.24, 2.45) is 0 Å². The highest BCUT2D eigenvalue weighted by molar-refractivity contribution is 5.85. The Labute approximate surface area is 87.5 Å². The smallest absolute Gasteiger partial charge is 0.0249 e. The van der Waals surface area contributed by atoms with E-state index in [9.17, 15) is 0 Å². The van der Waals surface area contributed by atoms with Crippen LogP contribution in [-0.2, 0) is 0 Å². The Bertz CT molecular complexity index is 161. The monoisotopic (exact) mass is 204 g/mol. The fourth-order valence-corrected chi connectivity index (χ4v) is 2.63. The predicted molar refractivity (Wildman–Crippen MR) is 58.5 cm³/mol. The zero-order chi connectivity index (χ0) is 8.55. The molecule has 0 aromatic heterocycles. The van der Waals surface area contributed by atoms with Crippen LogP contribution in [0.1, 0.15) is 32.6 Å². The molecule has 0 amide bonds. The van der Waals surface area contributed by atoms with Crippen molar-refractivity contribution in [1.29, 1.82) is 0 Å². The molecular weight excluding hydrogens is 184 g/mol. The van der Waals surface area contributed by atoms with Crippen molar-refractivity contribution in [3.05, 3.63) is 0 Å². The van der Waals surface area contributed by atoms with E-state index in [0.717, 1.165) is 18.1 Å². The van der Waals surface area contributed by atoms with Gasteiger partial charge in [0.2, 0.25) is 0 Å². The number of nitrogens with one attached hydrogen (secondary N) is 1. The van der Waals surface area contributed by atoms with Crippen LogP contribution in [0.5, 0.6) is 0 Å². The molecule has 3 atom stereocenters. The maximum atomic E-state index is 3.66. The van der Waals surface area contributed by atoms with Gasteiger partial charge in [-0.25, -0.2) is 0 Å². The summed E-state index contributed by atoms with van der Waals surface area (Å²) >= 11 is 0. The van der Waals surface area contributed by atoms with E-state index in [1.54, 1.807) is 0 Å². The Kier molecular flexibility index (Phi) is 4.02. The van der Waals surface area contributed by atoms with Crippen LogP contribution in [0.2, 0.25) is 0 Å². The van der Waals surface area contributed by atoms with Gasteiger partial charge < -0.3 is 5.32 Å². The number of piperazine rings is 1. The third-order valence-electron chi connectivity index (χ3n) is 3.62. The number of hydrogen-bond acceptors (Lipinski definition) is 2. The molecule has 1 saturated carbocycles. The zero-order valence-electron chi connectivity index (χ0n) is 8.62. The molecule has 2 fully saturated rings. The summed E-state index contributed by atoms with van der Waals surface area (Å²) in [5.41, 5.74) is 0. The summed E-state index contributed by atoms with van der Waals surface area (Å²) in [6.07, 6.45) is 5.65. The van der Waals surface area contributed by atoms with E-state index in [0.29, 0.717) is 0 Å². The zero-order valence-corrected chi connectivity index (χ0v) is 9.44. The number of rotatable bonds is 0. The molecule has 1 N–H and O–H groups in total. The first-order chi connectivity index (χ1) is 5.79. The van der Waals surface area contributed by atoms with Gasteiger partial charge in [0.1, 0.15) is 0 Å². The number of nitrogens with zero attached hydrogens (tertiary/aromatic N) is 1. The maximum absolute atomic E-state index is 3.66. The van der Waals surface area contributed by atoms with Crippen LogP contribution in [0.4, 0.5) is 0 Å². The van der Waals surface area contributed by atoms with Gasteiger partial charge in [0.15, 0.2) is 0 Å². The van der Waals surface area contributed by atoms with Crippen molar-refractivity contribution >= 4 is 12.4 Å². The normalized spacial score (nSPS) is 40.6. The van der Waals surface area contributed by atoms with Crippen LogP contribution in [0.15, 0.2) is 0 Å². The van der Waals surface area contributed by atoms with Crippen LogP contribution >= 0.6 is 12.4 Å². The van der Waals surface area contributed by atoms with Gasteiger partial charge in [0, 0.05) is 24.7 Å². The van der Waals surface area contributed by atoms with Crippen LogP contribution in [0, 0.1) is 0 Å². The first-order valence-corrected chi connectivity index (χ1v) is 5.24. The average Bonchev–Trinajstić information content (AvgIpc) is 2.12. The molecule has 2 nitrogen and oxygen atoms in total. The highest BCUT2D eigenvalue weighted by Gasteiger charge is 2.33. The molecule has 1 heterocycles. The van der Waals surface area contributed by atoms with E-state index in [2.05, 4.69) is 24.2 Å². The third kappa shape index (κ3) is 2.17. The van der Waals surface area contributed by atoms with Gasteiger partial charge in [-0.05, 0) is 26.8 Å².